The van der Waals surface area contributed by atoms with Crippen LogP contribution in [-0.2, 0) is 17.8 Å². The lowest BCUT2D eigenvalue weighted by molar-refractivity contribution is -0.118. The minimum atomic E-state index is -0.0397. The Morgan fingerprint density at radius 1 is 1.19 bits per heavy atom. The Bertz CT molecular complexity index is 1180. The molecular formula is C22H21Cl3N4O2S. The number of halogens is 3. The fraction of sp³-hybridized carbons (Fsp3) is 0.227. The summed E-state index contributed by atoms with van der Waals surface area (Å²) in [5.74, 6) is 0.590. The van der Waals surface area contributed by atoms with Gasteiger partial charge in [0.2, 0.25) is 5.91 Å². The minimum Gasteiger partial charge on any atom is -0.494 e. The molecule has 4 aromatic rings. The molecule has 2 heterocycles. The van der Waals surface area contributed by atoms with E-state index in [-0.39, 0.29) is 24.7 Å². The van der Waals surface area contributed by atoms with Crippen molar-refractivity contribution >= 4 is 68.2 Å². The Balaban J connectivity index is 0.00000289. The quantitative estimate of drug-likeness (QED) is 0.296. The molecule has 1 amide bonds. The highest BCUT2D eigenvalue weighted by Crippen LogP contribution is 2.39. The van der Waals surface area contributed by atoms with Crippen LogP contribution in [-0.4, -0.2) is 34.1 Å². The zero-order chi connectivity index (χ0) is 21.8. The van der Waals surface area contributed by atoms with Gasteiger partial charge < -0.3 is 9.30 Å². The Labute approximate surface area is 206 Å². The molecule has 0 aliphatic heterocycles. The number of nitrogens with zero attached hydrogens (tertiary/aromatic N) is 4. The van der Waals surface area contributed by atoms with Crippen LogP contribution >= 0.6 is 46.9 Å². The Morgan fingerprint density at radius 2 is 1.97 bits per heavy atom. The largest absolute Gasteiger partial charge is 0.494 e. The van der Waals surface area contributed by atoms with Crippen molar-refractivity contribution < 1.29 is 9.53 Å². The summed E-state index contributed by atoms with van der Waals surface area (Å²) in [6.45, 7) is 1.27. The van der Waals surface area contributed by atoms with Crippen LogP contribution in [0.1, 0.15) is 12.0 Å². The molecule has 0 aliphatic carbocycles. The van der Waals surface area contributed by atoms with Gasteiger partial charge in [0, 0.05) is 30.5 Å². The van der Waals surface area contributed by atoms with Crippen molar-refractivity contribution in [2.45, 2.75) is 19.4 Å². The van der Waals surface area contributed by atoms with Crippen molar-refractivity contribution in [1.29, 1.82) is 0 Å². The van der Waals surface area contributed by atoms with E-state index in [0.29, 0.717) is 33.0 Å². The van der Waals surface area contributed by atoms with Gasteiger partial charge in [-0.2, -0.15) is 0 Å². The molecule has 2 aromatic carbocycles. The van der Waals surface area contributed by atoms with E-state index in [4.69, 9.17) is 32.9 Å². The number of rotatable bonds is 8. The van der Waals surface area contributed by atoms with E-state index in [2.05, 4.69) is 4.98 Å². The van der Waals surface area contributed by atoms with Crippen LogP contribution in [0, 0.1) is 0 Å². The molecule has 0 fully saturated rings. The number of hydrogen-bond donors (Lipinski definition) is 0. The summed E-state index contributed by atoms with van der Waals surface area (Å²) >= 11 is 13.8. The molecular weight excluding hydrogens is 491 g/mol. The number of anilines is 1. The fourth-order valence-corrected chi connectivity index (χ4v) is 4.68. The molecule has 4 rings (SSSR count). The number of carbonyl (C=O) groups excluding carboxylic acids is 1. The van der Waals surface area contributed by atoms with Gasteiger partial charge in [-0.1, -0.05) is 46.7 Å². The highest BCUT2D eigenvalue weighted by molar-refractivity contribution is 7.23. The lowest BCUT2D eigenvalue weighted by Gasteiger charge is -2.20. The molecule has 0 N–H and O–H groups in total. The molecule has 10 heteroatoms. The minimum absolute atomic E-state index is 0. The van der Waals surface area contributed by atoms with Gasteiger partial charge in [0.25, 0.3) is 0 Å². The van der Waals surface area contributed by atoms with Crippen LogP contribution in [0.25, 0.3) is 10.2 Å². The van der Waals surface area contributed by atoms with Crippen molar-refractivity contribution in [3.63, 3.8) is 0 Å². The first-order chi connectivity index (χ1) is 15.0. The maximum absolute atomic E-state index is 13.3. The van der Waals surface area contributed by atoms with Crippen LogP contribution in [0.2, 0.25) is 10.0 Å². The van der Waals surface area contributed by atoms with Gasteiger partial charge in [0.15, 0.2) is 5.13 Å². The third-order valence-corrected chi connectivity index (χ3v) is 6.62. The number of methoxy groups -OCH3 is 1. The summed E-state index contributed by atoms with van der Waals surface area (Å²) in [6, 6.07) is 10.9. The first-order valence-electron chi connectivity index (χ1n) is 9.68. The van der Waals surface area contributed by atoms with Gasteiger partial charge >= 0.3 is 0 Å². The summed E-state index contributed by atoms with van der Waals surface area (Å²) < 4.78 is 8.22. The number of amides is 1. The number of imidazole rings is 1. The fourth-order valence-electron chi connectivity index (χ4n) is 3.25. The molecule has 32 heavy (non-hydrogen) atoms. The number of benzene rings is 2. The second-order valence-electron chi connectivity index (χ2n) is 6.93. The first kappa shape index (κ1) is 24.3. The van der Waals surface area contributed by atoms with Gasteiger partial charge in [-0.05, 0) is 36.2 Å². The molecule has 0 atom stereocenters. The molecule has 0 bridgehead atoms. The molecule has 0 saturated heterocycles. The molecule has 0 spiro atoms. The van der Waals surface area contributed by atoms with E-state index >= 15 is 0 Å². The zero-order valence-corrected chi connectivity index (χ0v) is 20.3. The highest BCUT2D eigenvalue weighted by Gasteiger charge is 2.22. The smallest absolute Gasteiger partial charge is 0.233 e. The van der Waals surface area contributed by atoms with Crippen molar-refractivity contribution in [1.82, 2.24) is 14.5 Å². The number of hydrogen-bond acceptors (Lipinski definition) is 5. The Morgan fingerprint density at radius 3 is 2.66 bits per heavy atom. The highest BCUT2D eigenvalue weighted by atomic mass is 35.5. The Hall–Kier alpha value is -2.32. The average Bonchev–Trinajstić information content (AvgIpc) is 3.44. The van der Waals surface area contributed by atoms with E-state index < -0.39 is 0 Å². The predicted molar refractivity (Wildman–Crippen MR) is 133 cm³/mol. The SMILES string of the molecule is COc1ccc(Cl)c2sc(N(CCCn3ccnc3)C(=O)Cc3ccc(Cl)cc3)nc12.Cl. The topological polar surface area (TPSA) is 60.2 Å². The van der Waals surface area contributed by atoms with Crippen molar-refractivity contribution in [2.75, 3.05) is 18.6 Å². The van der Waals surface area contributed by atoms with Gasteiger partial charge in [0.1, 0.15) is 11.3 Å². The van der Waals surface area contributed by atoms with Gasteiger partial charge in [-0.15, -0.1) is 12.4 Å². The van der Waals surface area contributed by atoms with Gasteiger partial charge in [-0.25, -0.2) is 9.97 Å². The van der Waals surface area contributed by atoms with Crippen molar-refractivity contribution in [3.8, 4) is 5.75 Å². The van der Waals surface area contributed by atoms with E-state index in [1.807, 2.05) is 22.9 Å². The standard InChI is InChI=1S/C22H20Cl2N4O2S.ClH/c1-30-18-8-7-17(24)21-20(18)26-22(31-21)28(11-2-10-27-12-9-25-14-27)19(29)13-15-3-5-16(23)6-4-15;/h3-9,12,14H,2,10-11,13H2,1H3;1H. The van der Waals surface area contributed by atoms with E-state index in [1.54, 1.807) is 48.8 Å². The number of aryl methyl sites for hydroxylation is 1. The number of thiazole rings is 1. The van der Waals surface area contributed by atoms with Crippen LogP contribution in [0.5, 0.6) is 5.75 Å². The lowest BCUT2D eigenvalue weighted by atomic mass is 10.1. The lowest BCUT2D eigenvalue weighted by Crippen LogP contribution is -2.33. The molecule has 168 valence electrons. The predicted octanol–water partition coefficient (Wildman–Crippen LogP) is 5.90. The number of ether oxygens (including phenoxy) is 1. The molecule has 0 radical (unpaired) electrons. The normalized spacial score (nSPS) is 10.7. The van der Waals surface area contributed by atoms with Crippen LogP contribution in [0.15, 0.2) is 55.1 Å². The molecule has 2 aromatic heterocycles. The third kappa shape index (κ3) is 5.53. The summed E-state index contributed by atoms with van der Waals surface area (Å²) in [5.41, 5.74) is 1.56. The summed E-state index contributed by atoms with van der Waals surface area (Å²) in [6.07, 6.45) is 6.42. The Kier molecular flexibility index (Phi) is 8.37. The van der Waals surface area contributed by atoms with Crippen LogP contribution in [0.4, 0.5) is 5.13 Å². The number of fused-ring (bicyclic) bond motifs is 1. The van der Waals surface area contributed by atoms with E-state index in [0.717, 1.165) is 23.2 Å². The molecule has 0 unspecified atom stereocenters. The maximum Gasteiger partial charge on any atom is 0.233 e. The van der Waals surface area contributed by atoms with Gasteiger partial charge in [0.05, 0.1) is 29.6 Å². The number of carbonyl (C=O) groups is 1. The second kappa shape index (κ2) is 11.0. The van der Waals surface area contributed by atoms with E-state index in [9.17, 15) is 4.79 Å². The van der Waals surface area contributed by atoms with Crippen LogP contribution < -0.4 is 9.64 Å². The van der Waals surface area contributed by atoms with E-state index in [1.165, 1.54) is 11.3 Å². The first-order valence-corrected chi connectivity index (χ1v) is 11.3. The second-order valence-corrected chi connectivity index (χ2v) is 8.75. The summed E-state index contributed by atoms with van der Waals surface area (Å²) in [7, 11) is 1.59. The molecule has 0 saturated carbocycles. The zero-order valence-electron chi connectivity index (χ0n) is 17.2. The van der Waals surface area contributed by atoms with Crippen molar-refractivity contribution in [3.05, 3.63) is 70.7 Å². The number of aromatic nitrogens is 3. The third-order valence-electron chi connectivity index (χ3n) is 4.82. The van der Waals surface area contributed by atoms with Gasteiger partial charge in [-0.3, -0.25) is 9.69 Å². The molecule has 0 aliphatic rings. The van der Waals surface area contributed by atoms with Crippen molar-refractivity contribution in [2.24, 2.45) is 0 Å². The summed E-state index contributed by atoms with van der Waals surface area (Å²) in [5, 5.41) is 1.83. The monoisotopic (exact) mass is 510 g/mol. The average molecular weight is 512 g/mol. The summed E-state index contributed by atoms with van der Waals surface area (Å²) in [4.78, 5) is 23.8. The van der Waals surface area contributed by atoms with Crippen LogP contribution in [0.3, 0.4) is 0 Å². The molecule has 6 nitrogen and oxygen atoms in total. The maximum atomic E-state index is 13.3.